The van der Waals surface area contributed by atoms with Crippen LogP contribution in [-0.2, 0) is 11.2 Å². The highest BCUT2D eigenvalue weighted by molar-refractivity contribution is 5.81. The van der Waals surface area contributed by atoms with Gasteiger partial charge in [-0.25, -0.2) is 9.82 Å². The number of carbonyl (C=O) groups excluding carboxylic acids is 1. The zero-order valence-corrected chi connectivity index (χ0v) is 14.7. The van der Waals surface area contributed by atoms with Crippen molar-refractivity contribution in [3.05, 3.63) is 87.9 Å². The lowest BCUT2D eigenvalue weighted by molar-refractivity contribution is -0.384. The molecule has 142 valence electrons. The van der Waals surface area contributed by atoms with Crippen molar-refractivity contribution in [1.29, 1.82) is 0 Å². The van der Waals surface area contributed by atoms with E-state index in [1.165, 1.54) is 18.3 Å². The van der Waals surface area contributed by atoms with Gasteiger partial charge in [-0.2, -0.15) is 5.10 Å². The van der Waals surface area contributed by atoms with Crippen LogP contribution in [0.3, 0.4) is 0 Å². The first-order valence-corrected chi connectivity index (χ1v) is 8.43. The molecule has 28 heavy (non-hydrogen) atoms. The fraction of sp³-hybridized carbons (Fsp3) is 0.100. The molecule has 0 fully saturated rings. The number of furan rings is 1. The van der Waals surface area contributed by atoms with Crippen LogP contribution in [0.15, 0.2) is 70.2 Å². The number of rotatable bonds is 7. The van der Waals surface area contributed by atoms with Crippen LogP contribution in [0.5, 0.6) is 0 Å². The van der Waals surface area contributed by atoms with E-state index in [9.17, 15) is 19.3 Å². The smallest absolute Gasteiger partial charge is 0.283 e. The van der Waals surface area contributed by atoms with E-state index in [-0.39, 0.29) is 29.4 Å². The van der Waals surface area contributed by atoms with E-state index in [1.807, 2.05) is 30.3 Å². The molecule has 7 nitrogen and oxygen atoms in total. The quantitative estimate of drug-likeness (QED) is 0.379. The lowest BCUT2D eigenvalue weighted by Gasteiger charge is -2.00. The summed E-state index contributed by atoms with van der Waals surface area (Å²) in [6.07, 6.45) is 2.17. The van der Waals surface area contributed by atoms with Gasteiger partial charge in [-0.1, -0.05) is 30.3 Å². The van der Waals surface area contributed by atoms with Gasteiger partial charge in [-0.05, 0) is 36.2 Å². The van der Waals surface area contributed by atoms with Gasteiger partial charge in [0, 0.05) is 6.42 Å². The van der Waals surface area contributed by atoms with Gasteiger partial charge in [0.25, 0.3) is 5.69 Å². The zero-order valence-electron chi connectivity index (χ0n) is 14.7. The van der Waals surface area contributed by atoms with Crippen molar-refractivity contribution in [3.8, 4) is 11.3 Å². The lowest BCUT2D eigenvalue weighted by atomic mass is 10.1. The summed E-state index contributed by atoms with van der Waals surface area (Å²) >= 11 is 0. The molecule has 3 rings (SSSR count). The van der Waals surface area contributed by atoms with Gasteiger partial charge in [0.05, 0.1) is 22.8 Å². The third-order valence-electron chi connectivity index (χ3n) is 3.91. The predicted molar refractivity (Wildman–Crippen MR) is 101 cm³/mol. The second-order valence-corrected chi connectivity index (χ2v) is 5.90. The zero-order chi connectivity index (χ0) is 19.9. The summed E-state index contributed by atoms with van der Waals surface area (Å²) < 4.78 is 18.7. The van der Waals surface area contributed by atoms with E-state index in [0.29, 0.717) is 6.42 Å². The third kappa shape index (κ3) is 4.88. The molecule has 1 amide bonds. The van der Waals surface area contributed by atoms with Crippen LogP contribution >= 0.6 is 0 Å². The molecule has 3 aromatic rings. The summed E-state index contributed by atoms with van der Waals surface area (Å²) in [6.45, 7) is 0. The van der Waals surface area contributed by atoms with Crippen LogP contribution < -0.4 is 5.43 Å². The van der Waals surface area contributed by atoms with Crippen molar-refractivity contribution in [1.82, 2.24) is 5.43 Å². The van der Waals surface area contributed by atoms with Crippen LogP contribution in [-0.4, -0.2) is 17.0 Å². The Morgan fingerprint density at radius 1 is 1.18 bits per heavy atom. The molecule has 1 aromatic heterocycles. The molecule has 0 bridgehead atoms. The summed E-state index contributed by atoms with van der Waals surface area (Å²) in [5.41, 5.74) is 3.21. The molecule has 0 radical (unpaired) electrons. The first kappa shape index (κ1) is 19.0. The first-order chi connectivity index (χ1) is 13.5. The van der Waals surface area contributed by atoms with Crippen molar-refractivity contribution in [2.24, 2.45) is 5.10 Å². The topological polar surface area (TPSA) is 97.7 Å². The number of nitrogens with zero attached hydrogens (tertiary/aromatic N) is 2. The first-order valence-electron chi connectivity index (χ1n) is 8.43. The summed E-state index contributed by atoms with van der Waals surface area (Å²) in [7, 11) is 0. The summed E-state index contributed by atoms with van der Waals surface area (Å²) in [5.74, 6) is -0.469. The maximum absolute atomic E-state index is 13.2. The Balaban J connectivity index is 1.60. The molecule has 0 aliphatic heterocycles. The van der Waals surface area contributed by atoms with Gasteiger partial charge >= 0.3 is 0 Å². The van der Waals surface area contributed by atoms with Gasteiger partial charge in [-0.3, -0.25) is 14.9 Å². The molecular weight excluding hydrogens is 365 g/mol. The second kappa shape index (κ2) is 8.72. The minimum Gasteiger partial charge on any atom is -0.455 e. The number of benzene rings is 2. The van der Waals surface area contributed by atoms with E-state index in [2.05, 4.69) is 10.5 Å². The minimum absolute atomic E-state index is 0.151. The number of halogens is 1. The number of amides is 1. The van der Waals surface area contributed by atoms with Crippen molar-refractivity contribution < 1.29 is 18.5 Å². The predicted octanol–water partition coefficient (Wildman–Crippen LogP) is 4.08. The Morgan fingerprint density at radius 3 is 2.71 bits per heavy atom. The molecule has 0 aliphatic rings. The molecule has 0 unspecified atom stereocenters. The Bertz CT molecular complexity index is 1020. The molecule has 0 aliphatic carbocycles. The average molecular weight is 381 g/mol. The van der Waals surface area contributed by atoms with Gasteiger partial charge < -0.3 is 4.42 Å². The number of aryl methyl sites for hydroxylation is 1. The van der Waals surface area contributed by atoms with Gasteiger partial charge in [0.15, 0.2) is 0 Å². The van der Waals surface area contributed by atoms with E-state index in [1.54, 1.807) is 6.07 Å². The van der Waals surface area contributed by atoms with Crippen molar-refractivity contribution >= 4 is 17.8 Å². The van der Waals surface area contributed by atoms with Gasteiger partial charge in [0.2, 0.25) is 5.91 Å². The normalized spacial score (nSPS) is 10.9. The Hall–Kier alpha value is -3.81. The highest BCUT2D eigenvalue weighted by Gasteiger charge is 2.19. The Morgan fingerprint density at radius 2 is 1.96 bits per heavy atom. The van der Waals surface area contributed by atoms with E-state index < -0.39 is 16.4 Å². The standard InChI is InChI=1S/C20H16FN3O4/c21-15-7-9-17(18(12-15)24(26)27)19-10-8-16(28-19)13-22-23-20(25)11-6-14-4-2-1-3-5-14/h1-5,7-10,12-13H,6,11H2,(H,23,25)/b22-13-. The number of hydrogen-bond donors (Lipinski definition) is 1. The van der Waals surface area contributed by atoms with Gasteiger partial charge in [-0.15, -0.1) is 0 Å². The van der Waals surface area contributed by atoms with E-state index in [0.717, 1.165) is 17.7 Å². The number of carbonyl (C=O) groups is 1. The van der Waals surface area contributed by atoms with Crippen LogP contribution in [0, 0.1) is 15.9 Å². The fourth-order valence-corrected chi connectivity index (χ4v) is 2.56. The maximum atomic E-state index is 13.2. The maximum Gasteiger partial charge on any atom is 0.283 e. The molecule has 1 heterocycles. The second-order valence-electron chi connectivity index (χ2n) is 5.90. The molecule has 2 aromatic carbocycles. The molecule has 8 heteroatoms. The SMILES string of the molecule is O=C(CCc1ccccc1)N/N=C\c1ccc(-c2ccc(F)cc2[N+](=O)[O-])o1. The minimum atomic E-state index is -0.706. The Kier molecular flexibility index (Phi) is 5.91. The molecular formula is C20H16FN3O4. The largest absolute Gasteiger partial charge is 0.455 e. The number of hydrazone groups is 1. The van der Waals surface area contributed by atoms with Crippen LogP contribution in [0.25, 0.3) is 11.3 Å². The third-order valence-corrected chi connectivity index (χ3v) is 3.91. The van der Waals surface area contributed by atoms with E-state index in [4.69, 9.17) is 4.42 Å². The monoisotopic (exact) mass is 381 g/mol. The van der Waals surface area contributed by atoms with Crippen molar-refractivity contribution in [2.45, 2.75) is 12.8 Å². The summed E-state index contributed by atoms with van der Waals surface area (Å²) in [5, 5.41) is 14.9. The average Bonchev–Trinajstić information content (AvgIpc) is 3.16. The molecule has 0 saturated carbocycles. The molecule has 0 spiro atoms. The van der Waals surface area contributed by atoms with Gasteiger partial charge in [0.1, 0.15) is 17.3 Å². The highest BCUT2D eigenvalue weighted by atomic mass is 19.1. The summed E-state index contributed by atoms with van der Waals surface area (Å²) in [6, 6.07) is 15.9. The van der Waals surface area contributed by atoms with Crippen molar-refractivity contribution in [3.63, 3.8) is 0 Å². The lowest BCUT2D eigenvalue weighted by Crippen LogP contribution is -2.17. The Labute approximate surface area is 159 Å². The number of nitro groups is 1. The molecule has 0 atom stereocenters. The van der Waals surface area contributed by atoms with Crippen LogP contribution in [0.4, 0.5) is 10.1 Å². The van der Waals surface area contributed by atoms with Crippen LogP contribution in [0.2, 0.25) is 0 Å². The van der Waals surface area contributed by atoms with E-state index >= 15 is 0 Å². The fourth-order valence-electron chi connectivity index (χ4n) is 2.56. The van der Waals surface area contributed by atoms with Crippen LogP contribution in [0.1, 0.15) is 17.7 Å². The molecule has 1 N–H and O–H groups in total. The number of nitrogens with one attached hydrogen (secondary N) is 1. The van der Waals surface area contributed by atoms with Crippen molar-refractivity contribution in [2.75, 3.05) is 0 Å². The molecule has 0 saturated heterocycles. The summed E-state index contributed by atoms with van der Waals surface area (Å²) in [4.78, 5) is 22.2. The number of hydrogen-bond acceptors (Lipinski definition) is 5. The highest BCUT2D eigenvalue weighted by Crippen LogP contribution is 2.31. The number of nitro benzene ring substituents is 1.